The van der Waals surface area contributed by atoms with Crippen molar-refractivity contribution in [1.82, 2.24) is 0 Å². The van der Waals surface area contributed by atoms with Gasteiger partial charge in [0.05, 0.1) is 12.1 Å². The van der Waals surface area contributed by atoms with Crippen LogP contribution in [0.1, 0.15) is 18.5 Å². The van der Waals surface area contributed by atoms with E-state index in [1.54, 1.807) is 0 Å². The monoisotopic (exact) mass is 187 g/mol. The molecule has 3 N–H and O–H groups in total. The van der Waals surface area contributed by atoms with E-state index in [0.717, 1.165) is 18.2 Å². The van der Waals surface area contributed by atoms with Gasteiger partial charge in [0.25, 0.3) is 0 Å². The molecule has 2 atom stereocenters. The average molecular weight is 187 g/mol. The van der Waals surface area contributed by atoms with Crippen LogP contribution in [0.15, 0.2) is 18.2 Å². The van der Waals surface area contributed by atoms with Crippen LogP contribution in [0.25, 0.3) is 0 Å². The van der Waals surface area contributed by atoms with Crippen LogP contribution in [0.3, 0.4) is 0 Å². The second kappa shape index (κ2) is 3.81. The van der Waals surface area contributed by atoms with E-state index in [-0.39, 0.29) is 5.56 Å². The molecule has 0 aliphatic rings. The van der Waals surface area contributed by atoms with Gasteiger partial charge < -0.3 is 10.8 Å². The minimum absolute atomic E-state index is 0.00463. The number of nitrogens with two attached hydrogens (primary N) is 1. The summed E-state index contributed by atoms with van der Waals surface area (Å²) in [5.41, 5.74) is 5.45. The number of hydrogen-bond donors (Lipinski definition) is 2. The maximum Gasteiger partial charge on any atom is 0.128 e. The summed E-state index contributed by atoms with van der Waals surface area (Å²) in [6.45, 7) is 1.43. The summed E-state index contributed by atoms with van der Waals surface area (Å²) in [7, 11) is 0. The van der Waals surface area contributed by atoms with E-state index in [0.29, 0.717) is 0 Å². The van der Waals surface area contributed by atoms with Gasteiger partial charge in [-0.15, -0.1) is 0 Å². The minimum atomic E-state index is -0.906. The maximum absolute atomic E-state index is 13.0. The molecule has 0 aliphatic heterocycles. The predicted octanol–water partition coefficient (Wildman–Crippen LogP) is 1.35. The summed E-state index contributed by atoms with van der Waals surface area (Å²) in [5, 5.41) is 9.08. The van der Waals surface area contributed by atoms with Crippen LogP contribution in [-0.4, -0.2) is 11.2 Å². The second-order valence-electron chi connectivity index (χ2n) is 2.93. The molecule has 0 radical (unpaired) electrons. The van der Waals surface area contributed by atoms with E-state index < -0.39 is 23.8 Å². The van der Waals surface area contributed by atoms with Gasteiger partial charge in [-0.2, -0.15) is 0 Å². The summed E-state index contributed by atoms with van der Waals surface area (Å²) in [4.78, 5) is 0. The molecule has 0 bridgehead atoms. The molecule has 0 saturated heterocycles. The van der Waals surface area contributed by atoms with Gasteiger partial charge in [0.2, 0.25) is 0 Å². The van der Waals surface area contributed by atoms with Gasteiger partial charge in [-0.25, -0.2) is 8.78 Å². The Kier molecular flexibility index (Phi) is 2.95. The molecule has 4 heteroatoms. The highest BCUT2D eigenvalue weighted by molar-refractivity contribution is 5.22. The molecule has 13 heavy (non-hydrogen) atoms. The third-order valence-corrected chi connectivity index (χ3v) is 1.84. The maximum atomic E-state index is 13.0. The molecule has 0 aromatic heterocycles. The first kappa shape index (κ1) is 10.1. The Morgan fingerprint density at radius 3 is 2.54 bits per heavy atom. The highest BCUT2D eigenvalue weighted by Crippen LogP contribution is 2.18. The molecular formula is C9H11F2NO. The van der Waals surface area contributed by atoms with Crippen LogP contribution < -0.4 is 5.73 Å². The van der Waals surface area contributed by atoms with Gasteiger partial charge in [-0.3, -0.25) is 0 Å². The zero-order valence-corrected chi connectivity index (χ0v) is 7.17. The van der Waals surface area contributed by atoms with Gasteiger partial charge in [0, 0.05) is 5.56 Å². The Balaban J connectivity index is 3.05. The summed E-state index contributed by atoms with van der Waals surface area (Å²) < 4.78 is 25.7. The number of benzene rings is 1. The van der Waals surface area contributed by atoms with E-state index in [2.05, 4.69) is 0 Å². The minimum Gasteiger partial charge on any atom is -0.391 e. The van der Waals surface area contributed by atoms with Gasteiger partial charge in [0.1, 0.15) is 11.6 Å². The van der Waals surface area contributed by atoms with E-state index >= 15 is 0 Å². The number of hydrogen-bond acceptors (Lipinski definition) is 2. The van der Waals surface area contributed by atoms with Crippen LogP contribution >= 0.6 is 0 Å². The molecule has 0 fully saturated rings. The van der Waals surface area contributed by atoms with Crippen molar-refractivity contribution in [2.24, 2.45) is 5.73 Å². The molecule has 0 heterocycles. The Morgan fingerprint density at radius 2 is 2.00 bits per heavy atom. The van der Waals surface area contributed by atoms with Crippen molar-refractivity contribution in [1.29, 1.82) is 0 Å². The molecule has 2 nitrogen and oxygen atoms in total. The van der Waals surface area contributed by atoms with Gasteiger partial charge in [-0.05, 0) is 25.1 Å². The van der Waals surface area contributed by atoms with Crippen molar-refractivity contribution in [2.45, 2.75) is 19.1 Å². The third-order valence-electron chi connectivity index (χ3n) is 1.84. The summed E-state index contributed by atoms with van der Waals surface area (Å²) in [5.74, 6) is -1.16. The Hall–Kier alpha value is -1.00. The first-order chi connectivity index (χ1) is 6.02. The highest BCUT2D eigenvalue weighted by Gasteiger charge is 2.16. The fraction of sp³-hybridized carbons (Fsp3) is 0.333. The quantitative estimate of drug-likeness (QED) is 0.734. The van der Waals surface area contributed by atoms with E-state index in [1.165, 1.54) is 6.92 Å². The van der Waals surface area contributed by atoms with Crippen LogP contribution in [-0.2, 0) is 0 Å². The molecule has 1 aromatic carbocycles. The molecule has 0 amide bonds. The fourth-order valence-electron chi connectivity index (χ4n) is 1.03. The summed E-state index contributed by atoms with van der Waals surface area (Å²) >= 11 is 0. The fourth-order valence-corrected chi connectivity index (χ4v) is 1.03. The molecule has 0 saturated carbocycles. The van der Waals surface area contributed by atoms with Crippen molar-refractivity contribution < 1.29 is 13.9 Å². The predicted molar refractivity (Wildman–Crippen MR) is 45.0 cm³/mol. The Labute approximate surface area is 75.0 Å². The van der Waals surface area contributed by atoms with Gasteiger partial charge >= 0.3 is 0 Å². The number of halogens is 2. The normalized spacial score (nSPS) is 15.5. The Morgan fingerprint density at radius 1 is 1.38 bits per heavy atom. The number of aliphatic hydroxyl groups excluding tert-OH is 1. The van der Waals surface area contributed by atoms with Crippen molar-refractivity contribution in [3.63, 3.8) is 0 Å². The lowest BCUT2D eigenvalue weighted by Crippen LogP contribution is -2.24. The van der Waals surface area contributed by atoms with Gasteiger partial charge in [0.15, 0.2) is 0 Å². The molecule has 72 valence electrons. The van der Waals surface area contributed by atoms with Crippen molar-refractivity contribution >= 4 is 0 Å². The lowest BCUT2D eigenvalue weighted by atomic mass is 10.0. The van der Waals surface area contributed by atoms with E-state index in [4.69, 9.17) is 10.8 Å². The van der Waals surface area contributed by atoms with Crippen molar-refractivity contribution in [3.05, 3.63) is 35.4 Å². The lowest BCUT2D eigenvalue weighted by Gasteiger charge is -2.15. The highest BCUT2D eigenvalue weighted by atomic mass is 19.1. The molecule has 0 spiro atoms. The van der Waals surface area contributed by atoms with Gasteiger partial charge in [-0.1, -0.05) is 0 Å². The lowest BCUT2D eigenvalue weighted by molar-refractivity contribution is 0.162. The molecule has 1 rings (SSSR count). The number of rotatable bonds is 2. The Bertz CT molecular complexity index is 302. The van der Waals surface area contributed by atoms with Crippen LogP contribution in [0.4, 0.5) is 8.78 Å². The SMILES string of the molecule is C[C@H](O)[C@H](N)c1cc(F)ccc1F. The summed E-state index contributed by atoms with van der Waals surface area (Å²) in [6.07, 6.45) is -0.906. The van der Waals surface area contributed by atoms with Crippen LogP contribution in [0, 0.1) is 11.6 Å². The van der Waals surface area contributed by atoms with E-state index in [9.17, 15) is 8.78 Å². The molecular weight excluding hydrogens is 176 g/mol. The smallest absolute Gasteiger partial charge is 0.128 e. The molecule has 0 unspecified atom stereocenters. The standard InChI is InChI=1S/C9H11F2NO/c1-5(13)9(12)7-4-6(10)2-3-8(7)11/h2-5,9,13H,12H2,1H3/t5-,9-/m0/s1. The molecule has 0 aliphatic carbocycles. The summed E-state index contributed by atoms with van der Waals surface area (Å²) in [6, 6.07) is 2.10. The largest absolute Gasteiger partial charge is 0.391 e. The second-order valence-corrected chi connectivity index (χ2v) is 2.93. The topological polar surface area (TPSA) is 46.2 Å². The van der Waals surface area contributed by atoms with Crippen LogP contribution in [0.5, 0.6) is 0 Å². The van der Waals surface area contributed by atoms with Crippen LogP contribution in [0.2, 0.25) is 0 Å². The third kappa shape index (κ3) is 2.23. The van der Waals surface area contributed by atoms with Crippen molar-refractivity contribution in [2.75, 3.05) is 0 Å². The first-order valence-electron chi connectivity index (χ1n) is 3.91. The average Bonchev–Trinajstić information content (AvgIpc) is 2.08. The first-order valence-corrected chi connectivity index (χ1v) is 3.91. The number of aliphatic hydroxyl groups is 1. The van der Waals surface area contributed by atoms with Crippen molar-refractivity contribution in [3.8, 4) is 0 Å². The molecule has 1 aromatic rings. The van der Waals surface area contributed by atoms with E-state index in [1.807, 2.05) is 0 Å². The zero-order valence-electron chi connectivity index (χ0n) is 7.17. The zero-order chi connectivity index (χ0) is 10.0.